The van der Waals surface area contributed by atoms with Crippen LogP contribution < -0.4 is 11.1 Å². The average Bonchev–Trinajstić information content (AvgIpc) is 3.08. The minimum Gasteiger partial charge on any atom is -0.369 e. The van der Waals surface area contributed by atoms with E-state index in [1.807, 2.05) is 13.8 Å². The molecule has 88 valence electrons. The van der Waals surface area contributed by atoms with Crippen LogP contribution in [0.4, 0.5) is 0 Å². The maximum absolute atomic E-state index is 11.9. The number of carbonyl (C=O) groups is 1. The van der Waals surface area contributed by atoms with E-state index in [-0.39, 0.29) is 11.9 Å². The summed E-state index contributed by atoms with van der Waals surface area (Å²) in [5, 5.41) is 2.98. The van der Waals surface area contributed by atoms with E-state index in [1.165, 1.54) is 12.8 Å². The molecule has 1 aliphatic rings. The summed E-state index contributed by atoms with van der Waals surface area (Å²) in [6, 6.07) is 0.124. The van der Waals surface area contributed by atoms with E-state index in [0.717, 1.165) is 0 Å². The molecule has 0 bridgehead atoms. The lowest BCUT2D eigenvalue weighted by Gasteiger charge is -2.28. The standard InChI is InChI=1S/C11H22N2O2/c1-4-11(2,15-3)10(14)13-9(7-12)8-5-6-8/h8-9H,4-7,12H2,1-3H3,(H,13,14). The number of carbonyl (C=O) groups excluding carboxylic acids is 1. The number of ether oxygens (including phenoxy) is 1. The van der Waals surface area contributed by atoms with Crippen molar-refractivity contribution in [2.45, 2.75) is 44.8 Å². The largest absolute Gasteiger partial charge is 0.369 e. The summed E-state index contributed by atoms with van der Waals surface area (Å²) in [4.78, 5) is 11.9. The zero-order chi connectivity index (χ0) is 11.5. The highest BCUT2D eigenvalue weighted by Gasteiger charge is 2.36. The van der Waals surface area contributed by atoms with Gasteiger partial charge in [0.25, 0.3) is 5.91 Å². The van der Waals surface area contributed by atoms with Gasteiger partial charge in [0.15, 0.2) is 0 Å². The van der Waals surface area contributed by atoms with Crippen molar-refractivity contribution in [3.05, 3.63) is 0 Å². The highest BCUT2D eigenvalue weighted by atomic mass is 16.5. The van der Waals surface area contributed by atoms with Crippen LogP contribution in [0.3, 0.4) is 0 Å². The van der Waals surface area contributed by atoms with Crippen LogP contribution >= 0.6 is 0 Å². The molecular formula is C11H22N2O2. The number of amides is 1. The molecule has 15 heavy (non-hydrogen) atoms. The smallest absolute Gasteiger partial charge is 0.252 e. The number of rotatable bonds is 6. The van der Waals surface area contributed by atoms with Crippen molar-refractivity contribution in [2.75, 3.05) is 13.7 Å². The number of hydrogen-bond donors (Lipinski definition) is 2. The molecule has 0 aromatic rings. The Morgan fingerprint density at radius 1 is 1.67 bits per heavy atom. The minimum atomic E-state index is -0.720. The Morgan fingerprint density at radius 2 is 2.27 bits per heavy atom. The predicted octanol–water partition coefficient (Wildman–Crippen LogP) is 0.655. The Balaban J connectivity index is 2.51. The van der Waals surface area contributed by atoms with Crippen molar-refractivity contribution >= 4 is 5.91 Å². The van der Waals surface area contributed by atoms with Gasteiger partial charge in [0.1, 0.15) is 5.60 Å². The summed E-state index contributed by atoms with van der Waals surface area (Å²) in [5.41, 5.74) is 4.91. The van der Waals surface area contributed by atoms with Crippen LogP contribution in [0.2, 0.25) is 0 Å². The molecule has 0 saturated heterocycles. The van der Waals surface area contributed by atoms with E-state index in [1.54, 1.807) is 7.11 Å². The van der Waals surface area contributed by atoms with Crippen molar-refractivity contribution in [3.63, 3.8) is 0 Å². The molecule has 0 heterocycles. The van der Waals surface area contributed by atoms with E-state index < -0.39 is 5.60 Å². The fraction of sp³-hybridized carbons (Fsp3) is 0.909. The third-order valence-corrected chi connectivity index (χ3v) is 3.37. The Morgan fingerprint density at radius 3 is 2.60 bits per heavy atom. The van der Waals surface area contributed by atoms with Crippen molar-refractivity contribution in [1.29, 1.82) is 0 Å². The van der Waals surface area contributed by atoms with Gasteiger partial charge in [-0.05, 0) is 32.1 Å². The van der Waals surface area contributed by atoms with Crippen molar-refractivity contribution in [2.24, 2.45) is 11.7 Å². The highest BCUT2D eigenvalue weighted by molar-refractivity contribution is 5.85. The van der Waals surface area contributed by atoms with E-state index in [2.05, 4.69) is 5.32 Å². The highest BCUT2D eigenvalue weighted by Crippen LogP contribution is 2.32. The Kier molecular flexibility index (Phi) is 4.11. The molecule has 0 aliphatic heterocycles. The molecule has 0 spiro atoms. The monoisotopic (exact) mass is 214 g/mol. The average molecular weight is 214 g/mol. The molecule has 1 fully saturated rings. The first-order valence-corrected chi connectivity index (χ1v) is 5.63. The van der Waals surface area contributed by atoms with Crippen LogP contribution in [0.5, 0.6) is 0 Å². The third kappa shape index (κ3) is 2.92. The predicted molar refractivity (Wildman–Crippen MR) is 59.4 cm³/mol. The summed E-state index contributed by atoms with van der Waals surface area (Å²) >= 11 is 0. The van der Waals surface area contributed by atoms with Crippen LogP contribution in [0.1, 0.15) is 33.1 Å². The van der Waals surface area contributed by atoms with Gasteiger partial charge in [-0.1, -0.05) is 6.92 Å². The molecule has 4 nitrogen and oxygen atoms in total. The van der Waals surface area contributed by atoms with Gasteiger partial charge in [-0.15, -0.1) is 0 Å². The molecule has 0 radical (unpaired) electrons. The number of hydrogen-bond acceptors (Lipinski definition) is 3. The van der Waals surface area contributed by atoms with E-state index in [0.29, 0.717) is 18.9 Å². The number of methoxy groups -OCH3 is 1. The molecule has 4 heteroatoms. The topological polar surface area (TPSA) is 64.3 Å². The van der Waals surface area contributed by atoms with E-state index in [4.69, 9.17) is 10.5 Å². The molecule has 2 atom stereocenters. The van der Waals surface area contributed by atoms with Gasteiger partial charge < -0.3 is 15.8 Å². The van der Waals surface area contributed by atoms with Gasteiger partial charge >= 0.3 is 0 Å². The summed E-state index contributed by atoms with van der Waals surface area (Å²) < 4.78 is 5.24. The van der Waals surface area contributed by atoms with Gasteiger partial charge in [-0.3, -0.25) is 4.79 Å². The fourth-order valence-corrected chi connectivity index (χ4v) is 1.59. The van der Waals surface area contributed by atoms with Gasteiger partial charge in [0.05, 0.1) is 0 Å². The van der Waals surface area contributed by atoms with Crippen molar-refractivity contribution in [3.8, 4) is 0 Å². The van der Waals surface area contributed by atoms with Crippen LogP contribution in [-0.2, 0) is 9.53 Å². The lowest BCUT2D eigenvalue weighted by Crippen LogP contribution is -2.52. The fourth-order valence-electron chi connectivity index (χ4n) is 1.59. The first-order valence-electron chi connectivity index (χ1n) is 5.63. The summed E-state index contributed by atoms with van der Waals surface area (Å²) in [7, 11) is 1.57. The molecule has 0 aromatic heterocycles. The van der Waals surface area contributed by atoms with E-state index in [9.17, 15) is 4.79 Å². The normalized spacial score (nSPS) is 21.9. The Bertz CT molecular complexity index is 223. The first-order chi connectivity index (χ1) is 7.07. The quantitative estimate of drug-likeness (QED) is 0.682. The van der Waals surface area contributed by atoms with Gasteiger partial charge in [-0.2, -0.15) is 0 Å². The second-order valence-electron chi connectivity index (χ2n) is 4.44. The van der Waals surface area contributed by atoms with Crippen molar-refractivity contribution < 1.29 is 9.53 Å². The maximum atomic E-state index is 11.9. The molecule has 2 unspecified atom stereocenters. The van der Waals surface area contributed by atoms with Gasteiger partial charge in [-0.25, -0.2) is 0 Å². The SMILES string of the molecule is CCC(C)(OC)C(=O)NC(CN)C1CC1. The van der Waals surface area contributed by atoms with Gasteiger partial charge in [0, 0.05) is 19.7 Å². The zero-order valence-electron chi connectivity index (χ0n) is 9.88. The van der Waals surface area contributed by atoms with Gasteiger partial charge in [0.2, 0.25) is 0 Å². The molecular weight excluding hydrogens is 192 g/mol. The summed E-state index contributed by atoms with van der Waals surface area (Å²) in [6.45, 7) is 4.26. The van der Waals surface area contributed by atoms with E-state index >= 15 is 0 Å². The molecule has 0 aromatic carbocycles. The minimum absolute atomic E-state index is 0.0464. The van der Waals surface area contributed by atoms with Crippen LogP contribution in [0, 0.1) is 5.92 Å². The zero-order valence-corrected chi connectivity index (χ0v) is 9.88. The lowest BCUT2D eigenvalue weighted by atomic mass is 10.0. The van der Waals surface area contributed by atoms with Crippen molar-refractivity contribution in [1.82, 2.24) is 5.32 Å². The molecule has 3 N–H and O–H groups in total. The number of nitrogens with one attached hydrogen (secondary N) is 1. The summed E-state index contributed by atoms with van der Waals surface area (Å²) in [6.07, 6.45) is 3.02. The molecule has 1 amide bonds. The number of nitrogens with two attached hydrogens (primary N) is 1. The molecule has 1 saturated carbocycles. The second-order valence-corrected chi connectivity index (χ2v) is 4.44. The summed E-state index contributed by atoms with van der Waals surface area (Å²) in [5.74, 6) is 0.534. The van der Waals surface area contributed by atoms with Crippen LogP contribution in [0.15, 0.2) is 0 Å². The second kappa shape index (κ2) is 4.94. The van der Waals surface area contributed by atoms with Crippen LogP contribution in [0.25, 0.3) is 0 Å². The Hall–Kier alpha value is -0.610. The van der Waals surface area contributed by atoms with Crippen LogP contribution in [-0.4, -0.2) is 31.2 Å². The maximum Gasteiger partial charge on any atom is 0.252 e. The Labute approximate surface area is 91.5 Å². The lowest BCUT2D eigenvalue weighted by molar-refractivity contribution is -0.142. The third-order valence-electron chi connectivity index (χ3n) is 3.37. The molecule has 1 aliphatic carbocycles. The molecule has 1 rings (SSSR count). The first kappa shape index (κ1) is 12.5.